The summed E-state index contributed by atoms with van der Waals surface area (Å²) in [5.74, 6) is 0. The first-order valence-electron chi connectivity index (χ1n) is 3.64. The Morgan fingerprint density at radius 2 is 1.93 bits per heavy atom. The second-order valence-corrected chi connectivity index (χ2v) is 5.12. The normalized spacial score (nSPS) is 17.2. The molecule has 0 aliphatic rings. The van der Waals surface area contributed by atoms with Crippen molar-refractivity contribution in [2.45, 2.75) is 6.92 Å². The van der Waals surface area contributed by atoms with Crippen molar-refractivity contribution in [3.8, 4) is 0 Å². The Kier molecular flexibility index (Phi) is 5.62. The molecule has 1 unspecified atom stereocenters. The van der Waals surface area contributed by atoms with Gasteiger partial charge in [-0.1, -0.05) is 24.3 Å². The van der Waals surface area contributed by atoms with E-state index in [1.807, 2.05) is 0 Å². The van der Waals surface area contributed by atoms with Crippen LogP contribution in [-0.4, -0.2) is 6.61 Å². The van der Waals surface area contributed by atoms with Crippen LogP contribution in [0.15, 0.2) is 24.3 Å². The molecule has 0 aliphatic heterocycles. The zero-order valence-electron chi connectivity index (χ0n) is 7.82. The highest BCUT2D eigenvalue weighted by molar-refractivity contribution is 7.58. The van der Waals surface area contributed by atoms with Gasteiger partial charge < -0.3 is 23.8 Å². The Hall–Kier alpha value is -0.260. The van der Waals surface area contributed by atoms with Crippen molar-refractivity contribution in [1.82, 2.24) is 0 Å². The molecule has 0 N–H and O–H groups in total. The molecule has 1 atom stereocenters. The fourth-order valence-electron chi connectivity index (χ4n) is 0.489. The lowest BCUT2D eigenvalue weighted by atomic mass is 10.3. The number of hydrogen-bond donors (Lipinski definition) is 0. The molecule has 0 saturated heterocycles. The number of hydrogen-bond acceptors (Lipinski definition) is 7. The van der Waals surface area contributed by atoms with E-state index >= 15 is 0 Å². The van der Waals surface area contributed by atoms with Crippen LogP contribution in [0, 0.1) is 0 Å². The molecular formula is C6H9O7P2-3. The predicted octanol–water partition coefficient (Wildman–Crippen LogP) is -0.551. The quantitative estimate of drug-likeness (QED) is 0.460. The van der Waals surface area contributed by atoms with Gasteiger partial charge in [0.05, 0.1) is 14.4 Å². The van der Waals surface area contributed by atoms with E-state index in [9.17, 15) is 23.8 Å². The molecule has 0 bridgehead atoms. The third-order valence-electron chi connectivity index (χ3n) is 1.16. The van der Waals surface area contributed by atoms with Crippen LogP contribution in [0.25, 0.3) is 0 Å². The lowest BCUT2D eigenvalue weighted by Crippen LogP contribution is -2.19. The van der Waals surface area contributed by atoms with E-state index < -0.39 is 22.3 Å². The summed E-state index contributed by atoms with van der Waals surface area (Å²) in [6, 6.07) is 0. The molecule has 0 spiro atoms. The monoisotopic (exact) mass is 255 g/mol. The molecule has 0 aromatic heterocycles. The smallest absolute Gasteiger partial charge is 0.272 e. The summed E-state index contributed by atoms with van der Waals surface area (Å²) in [7, 11) is -10.7. The van der Waals surface area contributed by atoms with Crippen molar-refractivity contribution in [2.24, 2.45) is 0 Å². The van der Waals surface area contributed by atoms with Crippen LogP contribution < -0.4 is 14.7 Å². The van der Waals surface area contributed by atoms with Gasteiger partial charge in [-0.15, -0.1) is 0 Å². The van der Waals surface area contributed by atoms with Gasteiger partial charge in [-0.05, 0) is 6.92 Å². The van der Waals surface area contributed by atoms with Crippen LogP contribution in [0.2, 0.25) is 0 Å². The fraction of sp³-hybridized carbons (Fsp3) is 0.333. The van der Waals surface area contributed by atoms with Crippen molar-refractivity contribution >= 4 is 15.6 Å². The lowest BCUT2D eigenvalue weighted by Gasteiger charge is -2.34. The van der Waals surface area contributed by atoms with Crippen LogP contribution in [0.3, 0.4) is 0 Å². The van der Waals surface area contributed by atoms with Gasteiger partial charge in [0.25, 0.3) is 7.82 Å². The number of phosphoric ester groups is 1. The molecule has 0 aliphatic carbocycles. The third-order valence-corrected chi connectivity index (χ3v) is 3.23. The van der Waals surface area contributed by atoms with Gasteiger partial charge in [-0.2, -0.15) is 0 Å². The molecule has 0 saturated carbocycles. The molecule has 0 aromatic rings. The van der Waals surface area contributed by atoms with Gasteiger partial charge in [0.1, 0.15) is 0 Å². The maximum atomic E-state index is 10.7. The molecule has 0 fully saturated rings. The summed E-state index contributed by atoms with van der Waals surface area (Å²) < 4.78 is 27.9. The second-order valence-electron chi connectivity index (χ2n) is 2.42. The summed E-state index contributed by atoms with van der Waals surface area (Å²) in [6.07, 6.45) is 2.76. The largest absolute Gasteiger partial charge is 0.790 e. The average molecular weight is 255 g/mol. The molecule has 0 rings (SSSR count). The van der Waals surface area contributed by atoms with Gasteiger partial charge in [0.2, 0.25) is 0 Å². The summed E-state index contributed by atoms with van der Waals surface area (Å²) in [5.41, 5.74) is 0.627. The molecule has 15 heavy (non-hydrogen) atoms. The predicted molar refractivity (Wildman–Crippen MR) is 46.2 cm³/mol. The van der Waals surface area contributed by atoms with Gasteiger partial charge in [-0.3, -0.25) is 8.88 Å². The molecule has 0 aromatic carbocycles. The zero-order chi connectivity index (χ0) is 12.1. The summed E-state index contributed by atoms with van der Waals surface area (Å²) >= 11 is 0. The topological polar surface area (TPSA) is 122 Å². The minimum Gasteiger partial charge on any atom is -0.790 e. The van der Waals surface area contributed by atoms with Crippen LogP contribution in [-0.2, 0) is 18.0 Å². The highest BCUT2D eigenvalue weighted by atomic mass is 31.3. The first-order valence-corrected chi connectivity index (χ1v) is 6.56. The van der Waals surface area contributed by atoms with Crippen molar-refractivity contribution in [1.29, 1.82) is 0 Å². The van der Waals surface area contributed by atoms with Gasteiger partial charge in [0.15, 0.2) is 0 Å². The van der Waals surface area contributed by atoms with Gasteiger partial charge >= 0.3 is 0 Å². The maximum Gasteiger partial charge on any atom is 0.272 e. The Bertz CT molecular complexity index is 341. The first-order chi connectivity index (χ1) is 6.66. The van der Waals surface area contributed by atoms with E-state index in [1.54, 1.807) is 6.92 Å². The van der Waals surface area contributed by atoms with E-state index in [0.717, 1.165) is 0 Å². The van der Waals surface area contributed by atoms with Gasteiger partial charge in [-0.25, -0.2) is 0 Å². The van der Waals surface area contributed by atoms with Crippen molar-refractivity contribution in [2.75, 3.05) is 6.61 Å². The van der Waals surface area contributed by atoms with Crippen LogP contribution in [0.5, 0.6) is 0 Å². The molecule has 7 nitrogen and oxygen atoms in total. The standard InChI is InChI=1S/C6H12O7P2/c1-3-6(2)4-5-12-15(10,11)13-14(7,8)9/h3-4H,1,5H2,2H3,(H,10,11)(H2,7,8,9)/p-3. The Morgan fingerprint density at radius 3 is 2.33 bits per heavy atom. The van der Waals surface area contributed by atoms with Crippen molar-refractivity contribution in [3.05, 3.63) is 24.3 Å². The SMILES string of the molecule is C=CC(C)=CCOP(=O)([O-])OP(=O)([O-])[O-]. The summed E-state index contributed by atoms with van der Waals surface area (Å²) in [6.45, 7) is 4.58. The first kappa shape index (κ1) is 14.7. The molecule has 88 valence electrons. The minimum absolute atomic E-state index is 0.432. The molecule has 0 amide bonds. The van der Waals surface area contributed by atoms with Crippen LogP contribution in [0.1, 0.15) is 6.92 Å². The third kappa shape index (κ3) is 8.72. The van der Waals surface area contributed by atoms with Crippen molar-refractivity contribution < 1.29 is 32.6 Å². The molecular weight excluding hydrogens is 246 g/mol. The summed E-state index contributed by atoms with van der Waals surface area (Å²) in [4.78, 5) is 30.6. The lowest BCUT2D eigenvalue weighted by molar-refractivity contribution is -0.339. The fourth-order valence-corrected chi connectivity index (χ4v) is 1.91. The van der Waals surface area contributed by atoms with E-state index in [2.05, 4.69) is 15.4 Å². The van der Waals surface area contributed by atoms with Crippen LogP contribution >= 0.6 is 15.6 Å². The minimum atomic E-state index is -5.60. The average Bonchev–Trinajstić information content (AvgIpc) is 1.98. The van der Waals surface area contributed by atoms with E-state index in [-0.39, 0.29) is 0 Å². The highest BCUT2D eigenvalue weighted by Gasteiger charge is 2.10. The van der Waals surface area contributed by atoms with Crippen LogP contribution in [0.4, 0.5) is 0 Å². The molecule has 0 radical (unpaired) electrons. The van der Waals surface area contributed by atoms with E-state index in [0.29, 0.717) is 5.57 Å². The second kappa shape index (κ2) is 5.72. The molecule has 0 heterocycles. The summed E-state index contributed by atoms with van der Waals surface area (Å²) in [5, 5.41) is 0. The van der Waals surface area contributed by atoms with Crippen molar-refractivity contribution in [3.63, 3.8) is 0 Å². The maximum absolute atomic E-state index is 10.7. The Balaban J connectivity index is 4.23. The Morgan fingerprint density at radius 1 is 1.40 bits per heavy atom. The zero-order valence-corrected chi connectivity index (χ0v) is 9.61. The number of phosphoric acid groups is 2. The molecule has 9 heteroatoms. The van der Waals surface area contributed by atoms with Gasteiger partial charge in [0, 0.05) is 0 Å². The number of rotatable bonds is 6. The van der Waals surface area contributed by atoms with E-state index in [4.69, 9.17) is 0 Å². The number of allylic oxidation sites excluding steroid dienone is 2. The Labute approximate surface area is 86.9 Å². The highest BCUT2D eigenvalue weighted by Crippen LogP contribution is 2.50. The van der Waals surface area contributed by atoms with E-state index in [1.165, 1.54) is 12.2 Å².